The Balaban J connectivity index is 2.02. The Hall–Kier alpha value is -1.78. The van der Waals surface area contributed by atoms with Gasteiger partial charge in [-0.2, -0.15) is 0 Å². The maximum Gasteiger partial charge on any atom is 0.126 e. The summed E-state index contributed by atoms with van der Waals surface area (Å²) in [5.74, 6) is -0.205. The Kier molecular flexibility index (Phi) is 3.74. The van der Waals surface area contributed by atoms with Gasteiger partial charge in [0.05, 0.1) is 5.03 Å². The molecule has 1 unspecified atom stereocenters. The Morgan fingerprint density at radius 3 is 2.67 bits per heavy atom. The smallest absolute Gasteiger partial charge is 0.126 e. The molecule has 0 aliphatic carbocycles. The highest BCUT2D eigenvalue weighted by Gasteiger charge is 2.13. The number of nitrogens with one attached hydrogen (secondary N) is 1. The van der Waals surface area contributed by atoms with Crippen molar-refractivity contribution in [3.05, 3.63) is 59.4 Å². The van der Waals surface area contributed by atoms with Gasteiger partial charge in [-0.15, -0.1) is 0 Å². The van der Waals surface area contributed by atoms with Crippen molar-refractivity contribution in [3.8, 4) is 0 Å². The van der Waals surface area contributed by atoms with E-state index >= 15 is 0 Å². The number of nitrogens with two attached hydrogens (primary N) is 1. The average Bonchev–Trinajstić information content (AvgIpc) is 2.84. The largest absolute Gasteiger partial charge is 0.349 e. The molecule has 0 saturated heterocycles. The summed E-state index contributed by atoms with van der Waals surface area (Å²) >= 11 is 1.59. The van der Waals surface area contributed by atoms with Gasteiger partial charge in [0, 0.05) is 21.8 Å². The van der Waals surface area contributed by atoms with E-state index in [9.17, 15) is 4.39 Å². The van der Waals surface area contributed by atoms with Crippen LogP contribution in [0.25, 0.3) is 10.9 Å². The molecular formula is C17H17FN2S. The van der Waals surface area contributed by atoms with Crippen LogP contribution in [0.5, 0.6) is 0 Å². The van der Waals surface area contributed by atoms with Crippen molar-refractivity contribution in [2.24, 2.45) is 5.73 Å². The van der Waals surface area contributed by atoms with Gasteiger partial charge in [-0.05, 0) is 49.2 Å². The number of hydrogen-bond donors (Lipinski definition) is 2. The van der Waals surface area contributed by atoms with E-state index in [4.69, 9.17) is 5.73 Å². The Morgan fingerprint density at radius 1 is 1.19 bits per heavy atom. The predicted octanol–water partition coefficient (Wildman–Crippen LogP) is 4.79. The fourth-order valence-electron chi connectivity index (χ4n) is 2.33. The second-order valence-electron chi connectivity index (χ2n) is 5.25. The van der Waals surface area contributed by atoms with E-state index in [2.05, 4.69) is 17.1 Å². The van der Waals surface area contributed by atoms with Gasteiger partial charge in [0.1, 0.15) is 5.82 Å². The molecule has 1 atom stereocenters. The van der Waals surface area contributed by atoms with Gasteiger partial charge in [-0.3, -0.25) is 0 Å². The minimum Gasteiger partial charge on any atom is -0.349 e. The lowest BCUT2D eigenvalue weighted by Crippen LogP contribution is -2.07. The average molecular weight is 300 g/mol. The highest BCUT2D eigenvalue weighted by atomic mass is 32.2. The van der Waals surface area contributed by atoms with E-state index in [0.717, 1.165) is 21.0 Å². The lowest BCUT2D eigenvalue weighted by Gasteiger charge is -2.13. The number of hydrogen-bond acceptors (Lipinski definition) is 2. The molecule has 3 N–H and O–H groups in total. The summed E-state index contributed by atoms with van der Waals surface area (Å²) < 4.78 is 13.8. The van der Waals surface area contributed by atoms with E-state index < -0.39 is 0 Å². The standard InChI is InChI=1S/C17H17FN2S/c1-10-7-16(13(11(2)19)9-14(10)18)21-17-8-12-5-3-4-6-15(12)20-17/h3-9,11,20H,19H2,1-2H3. The number of aromatic amines is 1. The molecule has 1 aromatic heterocycles. The molecule has 3 rings (SSSR count). The molecule has 1 heterocycles. The fraction of sp³-hybridized carbons (Fsp3) is 0.176. The normalized spacial score (nSPS) is 12.8. The van der Waals surface area contributed by atoms with E-state index in [0.29, 0.717) is 5.56 Å². The topological polar surface area (TPSA) is 41.8 Å². The number of aromatic nitrogens is 1. The van der Waals surface area contributed by atoms with Crippen LogP contribution in [0.4, 0.5) is 4.39 Å². The van der Waals surface area contributed by atoms with Crippen LogP contribution in [0.3, 0.4) is 0 Å². The first-order chi connectivity index (χ1) is 10.0. The minimum absolute atomic E-state index is 0.202. The van der Waals surface area contributed by atoms with E-state index in [1.54, 1.807) is 24.8 Å². The monoisotopic (exact) mass is 300 g/mol. The Bertz CT molecular complexity index is 760. The lowest BCUT2D eigenvalue weighted by molar-refractivity contribution is 0.610. The number of rotatable bonds is 3. The van der Waals surface area contributed by atoms with E-state index in [-0.39, 0.29) is 11.9 Å². The predicted molar refractivity (Wildman–Crippen MR) is 86.2 cm³/mol. The summed E-state index contributed by atoms with van der Waals surface area (Å²) in [5.41, 5.74) is 8.54. The molecule has 0 fully saturated rings. The van der Waals surface area contributed by atoms with Crippen LogP contribution in [-0.2, 0) is 0 Å². The van der Waals surface area contributed by atoms with E-state index in [1.165, 1.54) is 5.39 Å². The molecule has 0 bridgehead atoms. The molecule has 108 valence electrons. The van der Waals surface area contributed by atoms with E-state index in [1.807, 2.05) is 31.2 Å². The molecule has 3 aromatic rings. The summed E-state index contributed by atoms with van der Waals surface area (Å²) in [6, 6.07) is 13.4. The first-order valence-corrected chi connectivity index (χ1v) is 7.67. The lowest BCUT2D eigenvalue weighted by atomic mass is 10.1. The molecule has 2 aromatic carbocycles. The number of halogens is 1. The summed E-state index contributed by atoms with van der Waals surface area (Å²) in [4.78, 5) is 4.37. The molecule has 2 nitrogen and oxygen atoms in total. The maximum atomic E-state index is 13.8. The second kappa shape index (κ2) is 5.54. The molecule has 4 heteroatoms. The van der Waals surface area contributed by atoms with Crippen LogP contribution >= 0.6 is 11.8 Å². The fourth-order valence-corrected chi connectivity index (χ4v) is 3.52. The van der Waals surface area contributed by atoms with Crippen molar-refractivity contribution in [1.29, 1.82) is 0 Å². The van der Waals surface area contributed by atoms with Gasteiger partial charge in [-0.1, -0.05) is 30.0 Å². The number of fused-ring (bicyclic) bond motifs is 1. The van der Waals surface area contributed by atoms with Gasteiger partial charge >= 0.3 is 0 Å². The van der Waals surface area contributed by atoms with Crippen LogP contribution in [0, 0.1) is 12.7 Å². The Morgan fingerprint density at radius 2 is 1.95 bits per heavy atom. The third kappa shape index (κ3) is 2.82. The number of aryl methyl sites for hydroxylation is 1. The molecule has 0 aliphatic heterocycles. The SMILES string of the molecule is Cc1cc(Sc2cc3ccccc3[nH]2)c(C(C)N)cc1F. The van der Waals surface area contributed by atoms with Crippen LogP contribution in [-0.4, -0.2) is 4.98 Å². The summed E-state index contributed by atoms with van der Waals surface area (Å²) in [6.45, 7) is 3.65. The van der Waals surface area contributed by atoms with Gasteiger partial charge in [0.2, 0.25) is 0 Å². The van der Waals surface area contributed by atoms with Crippen LogP contribution in [0.1, 0.15) is 24.1 Å². The molecular weight excluding hydrogens is 283 g/mol. The molecule has 0 saturated carbocycles. The number of benzene rings is 2. The third-order valence-electron chi connectivity index (χ3n) is 3.51. The van der Waals surface area contributed by atoms with Crippen LogP contribution in [0.2, 0.25) is 0 Å². The maximum absolute atomic E-state index is 13.8. The van der Waals surface area contributed by atoms with Gasteiger partial charge in [0.15, 0.2) is 0 Å². The number of para-hydroxylation sites is 1. The highest BCUT2D eigenvalue weighted by Crippen LogP contribution is 2.35. The van der Waals surface area contributed by atoms with Crippen LogP contribution < -0.4 is 5.73 Å². The zero-order valence-corrected chi connectivity index (χ0v) is 12.8. The van der Waals surface area contributed by atoms with Crippen molar-refractivity contribution >= 4 is 22.7 Å². The molecule has 0 amide bonds. The highest BCUT2D eigenvalue weighted by molar-refractivity contribution is 7.99. The summed E-state index contributed by atoms with van der Waals surface area (Å²) in [5, 5.41) is 2.20. The summed E-state index contributed by atoms with van der Waals surface area (Å²) in [6.07, 6.45) is 0. The minimum atomic E-state index is -0.205. The van der Waals surface area contributed by atoms with Crippen molar-refractivity contribution < 1.29 is 4.39 Å². The Labute approximate surface area is 127 Å². The van der Waals surface area contributed by atoms with Crippen molar-refractivity contribution in [3.63, 3.8) is 0 Å². The first kappa shape index (κ1) is 14.2. The first-order valence-electron chi connectivity index (χ1n) is 6.86. The van der Waals surface area contributed by atoms with Crippen molar-refractivity contribution in [1.82, 2.24) is 4.98 Å². The van der Waals surface area contributed by atoms with Gasteiger partial charge in [0.25, 0.3) is 0 Å². The third-order valence-corrected chi connectivity index (χ3v) is 4.52. The van der Waals surface area contributed by atoms with Crippen molar-refractivity contribution in [2.45, 2.75) is 29.8 Å². The zero-order valence-electron chi connectivity index (χ0n) is 12.0. The zero-order chi connectivity index (χ0) is 15.0. The second-order valence-corrected chi connectivity index (χ2v) is 6.33. The van der Waals surface area contributed by atoms with Gasteiger partial charge < -0.3 is 10.7 Å². The van der Waals surface area contributed by atoms with Crippen molar-refractivity contribution in [2.75, 3.05) is 0 Å². The molecule has 0 radical (unpaired) electrons. The quantitative estimate of drug-likeness (QED) is 0.730. The van der Waals surface area contributed by atoms with Gasteiger partial charge in [-0.25, -0.2) is 4.39 Å². The molecule has 0 spiro atoms. The summed E-state index contributed by atoms with van der Waals surface area (Å²) in [7, 11) is 0. The molecule has 21 heavy (non-hydrogen) atoms. The molecule has 0 aliphatic rings. The van der Waals surface area contributed by atoms with Crippen LogP contribution in [0.15, 0.2) is 52.4 Å². The number of H-pyrrole nitrogens is 1.